The third kappa shape index (κ3) is 3.38. The maximum Gasteiger partial charge on any atom is 0.232 e. The maximum absolute atomic E-state index is 12.2. The zero-order valence-electron chi connectivity index (χ0n) is 11.8. The van der Waals surface area contributed by atoms with E-state index in [2.05, 4.69) is 0 Å². The van der Waals surface area contributed by atoms with E-state index in [9.17, 15) is 9.90 Å². The van der Waals surface area contributed by atoms with Gasteiger partial charge in [0, 0.05) is 18.8 Å². The molecule has 5 nitrogen and oxygen atoms in total. The fraction of sp³-hybridized carbons (Fsp3) is 0.500. The van der Waals surface area contributed by atoms with Gasteiger partial charge in [-0.05, 0) is 18.6 Å². The fourth-order valence-corrected chi connectivity index (χ4v) is 1.82. The van der Waals surface area contributed by atoms with Gasteiger partial charge in [0.05, 0.1) is 26.7 Å². The second-order valence-electron chi connectivity index (χ2n) is 4.22. The number of methoxy groups -OCH3 is 2. The Morgan fingerprint density at radius 1 is 1.32 bits per heavy atom. The molecule has 1 aromatic carbocycles. The van der Waals surface area contributed by atoms with Crippen LogP contribution in [0.5, 0.6) is 11.5 Å². The number of anilines is 1. The summed E-state index contributed by atoms with van der Waals surface area (Å²) in [4.78, 5) is 13.7. The smallest absolute Gasteiger partial charge is 0.232 e. The van der Waals surface area contributed by atoms with Gasteiger partial charge in [0.1, 0.15) is 0 Å². The molecule has 1 atom stereocenters. The van der Waals surface area contributed by atoms with Gasteiger partial charge in [-0.1, -0.05) is 6.92 Å². The van der Waals surface area contributed by atoms with Crippen LogP contribution in [0.15, 0.2) is 18.2 Å². The summed E-state index contributed by atoms with van der Waals surface area (Å²) in [6.45, 7) is 1.73. The van der Waals surface area contributed by atoms with Crippen molar-refractivity contribution < 1.29 is 19.4 Å². The minimum atomic E-state index is -0.377. The number of benzene rings is 1. The number of hydrogen-bond acceptors (Lipinski definition) is 4. The Kier molecular flexibility index (Phi) is 5.63. The van der Waals surface area contributed by atoms with Crippen LogP contribution in [0.1, 0.15) is 13.3 Å². The lowest BCUT2D eigenvalue weighted by atomic mass is 10.1. The molecule has 5 heteroatoms. The Morgan fingerprint density at radius 3 is 2.42 bits per heavy atom. The monoisotopic (exact) mass is 267 g/mol. The molecule has 1 unspecified atom stereocenters. The molecule has 1 N–H and O–H groups in total. The highest BCUT2D eigenvalue weighted by atomic mass is 16.5. The van der Waals surface area contributed by atoms with Crippen LogP contribution in [0.3, 0.4) is 0 Å². The first-order chi connectivity index (χ1) is 9.08. The van der Waals surface area contributed by atoms with Crippen LogP contribution in [0, 0.1) is 5.92 Å². The summed E-state index contributed by atoms with van der Waals surface area (Å²) >= 11 is 0. The summed E-state index contributed by atoms with van der Waals surface area (Å²) < 4.78 is 10.4. The normalized spacial score (nSPS) is 11.8. The molecule has 1 aromatic rings. The standard InChI is InChI=1S/C14H21NO4/c1-5-10(9-16)14(17)15(2)11-6-7-12(18-3)13(8-11)19-4/h6-8,10,16H,5,9H2,1-4H3. The predicted octanol–water partition coefficient (Wildman–Crippen LogP) is 1.69. The van der Waals surface area contributed by atoms with Crippen LogP contribution < -0.4 is 14.4 Å². The van der Waals surface area contributed by atoms with E-state index in [1.54, 1.807) is 39.5 Å². The number of aliphatic hydroxyl groups excluding tert-OH is 1. The lowest BCUT2D eigenvalue weighted by Crippen LogP contribution is -2.34. The van der Waals surface area contributed by atoms with Gasteiger partial charge < -0.3 is 19.5 Å². The average Bonchev–Trinajstić information content (AvgIpc) is 2.46. The molecule has 0 aromatic heterocycles. The molecule has 0 saturated heterocycles. The number of nitrogens with zero attached hydrogens (tertiary/aromatic N) is 1. The largest absolute Gasteiger partial charge is 0.493 e. The number of hydrogen-bond donors (Lipinski definition) is 1. The molecule has 1 amide bonds. The van der Waals surface area contributed by atoms with Gasteiger partial charge in [0.15, 0.2) is 11.5 Å². The highest BCUT2D eigenvalue weighted by Crippen LogP contribution is 2.31. The molecule has 0 aliphatic rings. The number of rotatable bonds is 6. The van der Waals surface area contributed by atoms with Crippen molar-refractivity contribution in [3.63, 3.8) is 0 Å². The lowest BCUT2D eigenvalue weighted by Gasteiger charge is -2.22. The van der Waals surface area contributed by atoms with Gasteiger partial charge in [0.25, 0.3) is 0 Å². The Bertz CT molecular complexity index is 429. The third-order valence-corrected chi connectivity index (χ3v) is 3.15. The third-order valence-electron chi connectivity index (χ3n) is 3.15. The minimum absolute atomic E-state index is 0.114. The van der Waals surface area contributed by atoms with E-state index in [4.69, 9.17) is 9.47 Å². The SMILES string of the molecule is CCC(CO)C(=O)N(C)c1ccc(OC)c(OC)c1. The summed E-state index contributed by atoms with van der Waals surface area (Å²) in [5.41, 5.74) is 0.703. The summed E-state index contributed by atoms with van der Waals surface area (Å²) in [7, 11) is 4.79. The molecule has 0 spiro atoms. The second-order valence-corrected chi connectivity index (χ2v) is 4.22. The Labute approximate surface area is 113 Å². The van der Waals surface area contributed by atoms with Crippen molar-refractivity contribution in [3.05, 3.63) is 18.2 Å². The van der Waals surface area contributed by atoms with E-state index in [0.29, 0.717) is 23.6 Å². The molecule has 0 saturated carbocycles. The first kappa shape index (κ1) is 15.3. The fourth-order valence-electron chi connectivity index (χ4n) is 1.82. The Balaban J connectivity index is 2.99. The van der Waals surface area contributed by atoms with Crippen LogP contribution in [-0.2, 0) is 4.79 Å². The number of carbonyl (C=O) groups excluding carboxylic acids is 1. The highest BCUT2D eigenvalue weighted by Gasteiger charge is 2.21. The number of ether oxygens (including phenoxy) is 2. The zero-order chi connectivity index (χ0) is 14.4. The summed E-state index contributed by atoms with van der Waals surface area (Å²) in [5.74, 6) is 0.688. The molecular formula is C14H21NO4. The quantitative estimate of drug-likeness (QED) is 0.852. The topological polar surface area (TPSA) is 59.0 Å². The molecule has 19 heavy (non-hydrogen) atoms. The van der Waals surface area contributed by atoms with E-state index < -0.39 is 0 Å². The summed E-state index contributed by atoms with van der Waals surface area (Å²) in [5, 5.41) is 9.18. The molecule has 0 fully saturated rings. The molecule has 0 radical (unpaired) electrons. The van der Waals surface area contributed by atoms with Crippen LogP contribution in [0.2, 0.25) is 0 Å². The van der Waals surface area contributed by atoms with Crippen molar-refractivity contribution in [3.8, 4) is 11.5 Å². The van der Waals surface area contributed by atoms with Crippen molar-refractivity contribution in [1.82, 2.24) is 0 Å². The van der Waals surface area contributed by atoms with Crippen LogP contribution in [0.4, 0.5) is 5.69 Å². The Hall–Kier alpha value is -1.75. The zero-order valence-corrected chi connectivity index (χ0v) is 11.8. The van der Waals surface area contributed by atoms with Gasteiger partial charge >= 0.3 is 0 Å². The van der Waals surface area contributed by atoms with Crippen molar-refractivity contribution in [2.24, 2.45) is 5.92 Å². The van der Waals surface area contributed by atoms with E-state index >= 15 is 0 Å². The predicted molar refractivity (Wildman–Crippen MR) is 73.8 cm³/mol. The van der Waals surface area contributed by atoms with Crippen LogP contribution in [-0.4, -0.2) is 38.9 Å². The van der Waals surface area contributed by atoms with E-state index in [1.807, 2.05) is 6.92 Å². The molecular weight excluding hydrogens is 246 g/mol. The van der Waals surface area contributed by atoms with Gasteiger partial charge in [-0.25, -0.2) is 0 Å². The molecule has 0 aliphatic carbocycles. The first-order valence-corrected chi connectivity index (χ1v) is 6.19. The van der Waals surface area contributed by atoms with Gasteiger partial charge in [-0.3, -0.25) is 4.79 Å². The van der Waals surface area contributed by atoms with Crippen molar-refractivity contribution in [2.75, 3.05) is 32.8 Å². The van der Waals surface area contributed by atoms with Gasteiger partial charge in [-0.15, -0.1) is 0 Å². The number of aliphatic hydroxyl groups is 1. The van der Waals surface area contributed by atoms with E-state index in [0.717, 1.165) is 0 Å². The van der Waals surface area contributed by atoms with Gasteiger partial charge in [0.2, 0.25) is 5.91 Å². The summed E-state index contributed by atoms with van der Waals surface area (Å²) in [6.07, 6.45) is 0.604. The minimum Gasteiger partial charge on any atom is -0.493 e. The van der Waals surface area contributed by atoms with Crippen molar-refractivity contribution in [2.45, 2.75) is 13.3 Å². The molecule has 0 bridgehead atoms. The number of carbonyl (C=O) groups is 1. The van der Waals surface area contributed by atoms with E-state index in [-0.39, 0.29) is 18.4 Å². The van der Waals surface area contributed by atoms with Crippen LogP contribution in [0.25, 0.3) is 0 Å². The van der Waals surface area contributed by atoms with Crippen molar-refractivity contribution >= 4 is 11.6 Å². The summed E-state index contributed by atoms with van der Waals surface area (Å²) in [6, 6.07) is 5.27. The first-order valence-electron chi connectivity index (χ1n) is 6.19. The number of amides is 1. The molecule has 0 heterocycles. The van der Waals surface area contributed by atoms with E-state index in [1.165, 1.54) is 4.90 Å². The molecule has 106 valence electrons. The van der Waals surface area contributed by atoms with Gasteiger partial charge in [-0.2, -0.15) is 0 Å². The molecule has 0 aliphatic heterocycles. The van der Waals surface area contributed by atoms with Crippen molar-refractivity contribution in [1.29, 1.82) is 0 Å². The average molecular weight is 267 g/mol. The molecule has 1 rings (SSSR count). The highest BCUT2D eigenvalue weighted by molar-refractivity contribution is 5.94. The van der Waals surface area contributed by atoms with Crippen LogP contribution >= 0.6 is 0 Å². The second kappa shape index (κ2) is 6.99. The maximum atomic E-state index is 12.2. The lowest BCUT2D eigenvalue weighted by molar-refractivity contribution is -0.123. The Morgan fingerprint density at radius 2 is 1.95 bits per heavy atom.